The number of rotatable bonds is 2. The number of hydrogen-bond donors (Lipinski definition) is 1. The fraction of sp³-hybridized carbons (Fsp3) is 0.308. The van der Waals surface area contributed by atoms with Gasteiger partial charge in [-0.25, -0.2) is 4.39 Å². The number of nitrogens with zero attached hydrogens (tertiary/aromatic N) is 2. The van der Waals surface area contributed by atoms with Gasteiger partial charge in [0.2, 0.25) is 5.91 Å². The van der Waals surface area contributed by atoms with Crippen molar-refractivity contribution in [3.8, 4) is 0 Å². The van der Waals surface area contributed by atoms with Crippen molar-refractivity contribution in [2.24, 2.45) is 0 Å². The lowest BCUT2D eigenvalue weighted by Gasteiger charge is -2.35. The monoisotopic (exact) mass is 249 g/mol. The molecule has 0 saturated carbocycles. The first-order chi connectivity index (χ1) is 8.61. The first-order valence-electron chi connectivity index (χ1n) is 5.83. The van der Waals surface area contributed by atoms with Crippen molar-refractivity contribution in [3.05, 3.63) is 36.7 Å². The average molecular weight is 249 g/mol. The molecule has 0 unspecified atom stereocenters. The molecule has 1 heterocycles. The number of carbonyl (C=O) groups is 1. The van der Waals surface area contributed by atoms with Crippen LogP contribution in [0, 0.1) is 5.82 Å². The summed E-state index contributed by atoms with van der Waals surface area (Å²) in [6.45, 7) is 5.79. The van der Waals surface area contributed by atoms with Crippen molar-refractivity contribution in [1.82, 2.24) is 4.90 Å². The number of amides is 1. The zero-order valence-electron chi connectivity index (χ0n) is 10.1. The highest BCUT2D eigenvalue weighted by atomic mass is 19.1. The Morgan fingerprint density at radius 3 is 2.61 bits per heavy atom. The highest BCUT2D eigenvalue weighted by Crippen LogP contribution is 2.23. The lowest BCUT2D eigenvalue weighted by atomic mass is 10.2. The maximum absolute atomic E-state index is 13.7. The van der Waals surface area contributed by atoms with E-state index in [1.807, 2.05) is 4.90 Å². The number of hydrogen-bond acceptors (Lipinski definition) is 3. The molecule has 0 atom stereocenters. The molecule has 1 aliphatic rings. The molecule has 96 valence electrons. The van der Waals surface area contributed by atoms with Crippen LogP contribution in [0.15, 0.2) is 30.9 Å². The largest absolute Gasteiger partial charge is 0.399 e. The highest BCUT2D eigenvalue weighted by molar-refractivity contribution is 5.87. The Morgan fingerprint density at radius 1 is 1.33 bits per heavy atom. The fourth-order valence-corrected chi connectivity index (χ4v) is 2.07. The molecule has 4 nitrogen and oxygen atoms in total. The molecule has 2 N–H and O–H groups in total. The minimum Gasteiger partial charge on any atom is -0.399 e. The van der Waals surface area contributed by atoms with Gasteiger partial charge in [-0.3, -0.25) is 4.79 Å². The zero-order chi connectivity index (χ0) is 13.1. The van der Waals surface area contributed by atoms with Crippen molar-refractivity contribution >= 4 is 17.3 Å². The number of carbonyl (C=O) groups excluding carboxylic acids is 1. The number of piperazine rings is 1. The van der Waals surface area contributed by atoms with Crippen LogP contribution >= 0.6 is 0 Å². The van der Waals surface area contributed by atoms with Crippen molar-refractivity contribution < 1.29 is 9.18 Å². The lowest BCUT2D eigenvalue weighted by Crippen LogP contribution is -2.48. The van der Waals surface area contributed by atoms with Crippen LogP contribution in [-0.4, -0.2) is 37.0 Å². The lowest BCUT2D eigenvalue weighted by molar-refractivity contribution is -0.126. The van der Waals surface area contributed by atoms with Gasteiger partial charge in [-0.15, -0.1) is 0 Å². The fourth-order valence-electron chi connectivity index (χ4n) is 2.07. The van der Waals surface area contributed by atoms with E-state index in [-0.39, 0.29) is 11.7 Å². The van der Waals surface area contributed by atoms with Gasteiger partial charge in [0.1, 0.15) is 5.82 Å². The number of halogens is 1. The van der Waals surface area contributed by atoms with E-state index in [9.17, 15) is 9.18 Å². The summed E-state index contributed by atoms with van der Waals surface area (Å²) in [5, 5.41) is 0. The molecule has 0 bridgehead atoms. The van der Waals surface area contributed by atoms with Crippen LogP contribution in [-0.2, 0) is 4.79 Å². The van der Waals surface area contributed by atoms with E-state index < -0.39 is 0 Å². The van der Waals surface area contributed by atoms with E-state index >= 15 is 0 Å². The summed E-state index contributed by atoms with van der Waals surface area (Å²) in [5.74, 6) is -0.365. The van der Waals surface area contributed by atoms with E-state index in [0.717, 1.165) is 0 Å². The van der Waals surface area contributed by atoms with Crippen LogP contribution in [0.2, 0.25) is 0 Å². The Morgan fingerprint density at radius 2 is 2.00 bits per heavy atom. The highest BCUT2D eigenvalue weighted by Gasteiger charge is 2.21. The molecule has 18 heavy (non-hydrogen) atoms. The molecule has 1 amide bonds. The Bertz CT molecular complexity index is 467. The molecule has 0 aromatic heterocycles. The van der Waals surface area contributed by atoms with Crippen molar-refractivity contribution in [3.63, 3.8) is 0 Å². The SMILES string of the molecule is C=CC(=O)N1CCN(c2cc(N)ccc2F)CC1. The molecule has 5 heteroatoms. The molecule has 1 aliphatic heterocycles. The third-order valence-electron chi connectivity index (χ3n) is 3.08. The first-order valence-corrected chi connectivity index (χ1v) is 5.83. The second kappa shape index (κ2) is 5.08. The van der Waals surface area contributed by atoms with Crippen LogP contribution in [0.25, 0.3) is 0 Å². The van der Waals surface area contributed by atoms with Crippen molar-refractivity contribution in [2.75, 3.05) is 36.8 Å². The molecule has 0 spiro atoms. The molecule has 0 radical (unpaired) electrons. The maximum Gasteiger partial charge on any atom is 0.246 e. The number of nitrogens with two attached hydrogens (primary N) is 1. The predicted octanol–water partition coefficient (Wildman–Crippen LogP) is 1.24. The van der Waals surface area contributed by atoms with E-state index in [1.54, 1.807) is 11.0 Å². The van der Waals surface area contributed by atoms with E-state index in [0.29, 0.717) is 37.6 Å². The number of nitrogen functional groups attached to an aromatic ring is 1. The van der Waals surface area contributed by atoms with Crippen molar-refractivity contribution in [1.29, 1.82) is 0 Å². The summed E-state index contributed by atoms with van der Waals surface area (Å²) in [5.41, 5.74) is 6.70. The van der Waals surface area contributed by atoms with E-state index in [4.69, 9.17) is 5.73 Å². The molecule has 1 aromatic carbocycles. The summed E-state index contributed by atoms with van der Waals surface area (Å²) in [6, 6.07) is 4.53. The molecular weight excluding hydrogens is 233 g/mol. The summed E-state index contributed by atoms with van der Waals surface area (Å²) < 4.78 is 13.7. The smallest absolute Gasteiger partial charge is 0.246 e. The molecule has 1 saturated heterocycles. The third kappa shape index (κ3) is 2.45. The van der Waals surface area contributed by atoms with Crippen LogP contribution in [0.5, 0.6) is 0 Å². The minimum absolute atomic E-state index is 0.0808. The predicted molar refractivity (Wildman–Crippen MR) is 69.8 cm³/mol. The molecule has 0 aliphatic carbocycles. The minimum atomic E-state index is -0.285. The number of benzene rings is 1. The van der Waals surface area contributed by atoms with Gasteiger partial charge in [-0.05, 0) is 24.3 Å². The van der Waals surface area contributed by atoms with Gasteiger partial charge in [0.15, 0.2) is 0 Å². The molecule has 1 fully saturated rings. The Labute approximate surface area is 105 Å². The average Bonchev–Trinajstić information content (AvgIpc) is 2.41. The third-order valence-corrected chi connectivity index (χ3v) is 3.08. The van der Waals surface area contributed by atoms with Crippen LogP contribution in [0.4, 0.5) is 15.8 Å². The molecule has 1 aromatic rings. The quantitative estimate of drug-likeness (QED) is 0.634. The van der Waals surface area contributed by atoms with Gasteiger partial charge in [-0.2, -0.15) is 0 Å². The Balaban J connectivity index is 2.07. The van der Waals surface area contributed by atoms with Crippen LogP contribution in [0.1, 0.15) is 0 Å². The summed E-state index contributed by atoms with van der Waals surface area (Å²) in [6.07, 6.45) is 1.30. The van der Waals surface area contributed by atoms with Gasteiger partial charge in [0.05, 0.1) is 5.69 Å². The van der Waals surface area contributed by atoms with Gasteiger partial charge in [0, 0.05) is 31.9 Å². The van der Waals surface area contributed by atoms with E-state index in [1.165, 1.54) is 18.2 Å². The number of anilines is 2. The summed E-state index contributed by atoms with van der Waals surface area (Å²) in [7, 11) is 0. The first kappa shape index (κ1) is 12.4. The van der Waals surface area contributed by atoms with Crippen LogP contribution in [0.3, 0.4) is 0 Å². The Hall–Kier alpha value is -2.04. The topological polar surface area (TPSA) is 49.6 Å². The van der Waals surface area contributed by atoms with Gasteiger partial charge in [-0.1, -0.05) is 6.58 Å². The van der Waals surface area contributed by atoms with Gasteiger partial charge < -0.3 is 15.5 Å². The molecular formula is C13H16FN3O. The van der Waals surface area contributed by atoms with E-state index in [2.05, 4.69) is 6.58 Å². The Kier molecular flexibility index (Phi) is 3.50. The standard InChI is InChI=1S/C13H16FN3O/c1-2-13(18)17-7-5-16(6-8-17)12-9-10(15)3-4-11(12)14/h2-4,9H,1,5-8,15H2. The van der Waals surface area contributed by atoms with Crippen molar-refractivity contribution in [2.45, 2.75) is 0 Å². The zero-order valence-corrected chi connectivity index (χ0v) is 10.1. The van der Waals surface area contributed by atoms with Crippen LogP contribution < -0.4 is 10.6 Å². The normalized spacial score (nSPS) is 15.6. The maximum atomic E-state index is 13.7. The second-order valence-corrected chi connectivity index (χ2v) is 4.23. The molecule has 2 rings (SSSR count). The summed E-state index contributed by atoms with van der Waals surface area (Å²) in [4.78, 5) is 15.0. The van der Waals surface area contributed by atoms with Gasteiger partial charge in [0.25, 0.3) is 0 Å². The second-order valence-electron chi connectivity index (χ2n) is 4.23. The van der Waals surface area contributed by atoms with Gasteiger partial charge >= 0.3 is 0 Å². The summed E-state index contributed by atoms with van der Waals surface area (Å²) >= 11 is 0.